The fourth-order valence-electron chi connectivity index (χ4n) is 1.84. The summed E-state index contributed by atoms with van der Waals surface area (Å²) in [4.78, 5) is 11.9. The summed E-state index contributed by atoms with van der Waals surface area (Å²) in [6, 6.07) is 12.9. The zero-order chi connectivity index (χ0) is 15.2. The predicted molar refractivity (Wildman–Crippen MR) is 85.6 cm³/mol. The van der Waals surface area contributed by atoms with E-state index in [4.69, 9.17) is 21.4 Å². The van der Waals surface area contributed by atoms with Gasteiger partial charge in [-0.25, -0.2) is 4.79 Å². The van der Waals surface area contributed by atoms with Crippen LogP contribution >= 0.6 is 23.4 Å². The van der Waals surface area contributed by atoms with Crippen LogP contribution in [0.4, 0.5) is 0 Å². The fraction of sp³-hybridized carbons (Fsp3) is 0.188. The average Bonchev–Trinajstić information content (AvgIpc) is 2.47. The summed E-state index contributed by atoms with van der Waals surface area (Å²) < 4.78 is 5.58. The zero-order valence-corrected chi connectivity index (χ0v) is 13.1. The Bertz CT molecular complexity index is 643. The first kappa shape index (κ1) is 15.7. The number of ether oxygens (including phenoxy) is 1. The van der Waals surface area contributed by atoms with Crippen LogP contribution in [-0.2, 0) is 5.75 Å². The smallest absolute Gasteiger partial charge is 0.337 e. The number of aromatic carboxylic acids is 1. The molecule has 0 radical (unpaired) electrons. The predicted octanol–water partition coefficient (Wildman–Crippen LogP) is 4.73. The van der Waals surface area contributed by atoms with Gasteiger partial charge in [-0.3, -0.25) is 0 Å². The molecule has 0 spiro atoms. The molecule has 0 saturated carbocycles. The number of rotatable bonds is 6. The maximum atomic E-state index is 11.1. The van der Waals surface area contributed by atoms with Crippen LogP contribution in [0.5, 0.6) is 5.75 Å². The molecule has 2 aromatic rings. The Hall–Kier alpha value is -1.65. The normalized spacial score (nSPS) is 10.4. The molecule has 3 nitrogen and oxygen atoms in total. The number of thioether (sulfide) groups is 1. The van der Waals surface area contributed by atoms with Crippen molar-refractivity contribution in [2.45, 2.75) is 17.6 Å². The highest BCUT2D eigenvalue weighted by Crippen LogP contribution is 2.30. The topological polar surface area (TPSA) is 46.5 Å². The molecule has 21 heavy (non-hydrogen) atoms. The number of carbonyl (C=O) groups is 1. The first-order valence-corrected chi connectivity index (χ1v) is 7.84. The Morgan fingerprint density at radius 2 is 2.05 bits per heavy atom. The quantitative estimate of drug-likeness (QED) is 0.781. The molecule has 5 heteroatoms. The summed E-state index contributed by atoms with van der Waals surface area (Å²) in [5, 5.41) is 9.33. The minimum absolute atomic E-state index is 0.125. The van der Waals surface area contributed by atoms with Gasteiger partial charge in [0.05, 0.1) is 17.2 Å². The van der Waals surface area contributed by atoms with Crippen molar-refractivity contribution in [3.05, 3.63) is 58.6 Å². The second kappa shape index (κ2) is 7.38. The standard InChI is InChI=1S/C16H15ClO3S/c1-2-20-15-6-4-3-5-11(15)10-21-12-7-8-14(17)13(9-12)16(18)19/h3-9H,2,10H2,1H3,(H,18,19). The number of carboxylic acid groups (broad SMARTS) is 1. The van der Waals surface area contributed by atoms with Crippen LogP contribution in [0.2, 0.25) is 5.02 Å². The van der Waals surface area contributed by atoms with Crippen molar-refractivity contribution < 1.29 is 14.6 Å². The largest absolute Gasteiger partial charge is 0.494 e. The van der Waals surface area contributed by atoms with E-state index < -0.39 is 5.97 Å². The maximum Gasteiger partial charge on any atom is 0.337 e. The highest BCUT2D eigenvalue weighted by atomic mass is 35.5. The maximum absolute atomic E-state index is 11.1. The summed E-state index contributed by atoms with van der Waals surface area (Å²) in [6.45, 7) is 2.56. The Kier molecular flexibility index (Phi) is 5.53. The summed E-state index contributed by atoms with van der Waals surface area (Å²) in [5.74, 6) is 0.550. The van der Waals surface area contributed by atoms with Crippen LogP contribution in [-0.4, -0.2) is 17.7 Å². The van der Waals surface area contributed by atoms with E-state index in [0.717, 1.165) is 16.2 Å². The van der Waals surface area contributed by atoms with E-state index >= 15 is 0 Å². The first-order valence-electron chi connectivity index (χ1n) is 6.48. The lowest BCUT2D eigenvalue weighted by Gasteiger charge is -2.10. The Labute approximate surface area is 132 Å². The minimum Gasteiger partial charge on any atom is -0.494 e. The minimum atomic E-state index is -1.02. The zero-order valence-electron chi connectivity index (χ0n) is 11.5. The van der Waals surface area contributed by atoms with Gasteiger partial charge in [0.25, 0.3) is 0 Å². The Morgan fingerprint density at radius 3 is 2.76 bits per heavy atom. The van der Waals surface area contributed by atoms with Gasteiger partial charge in [-0.05, 0) is 31.2 Å². The highest BCUT2D eigenvalue weighted by Gasteiger charge is 2.10. The molecule has 0 bridgehead atoms. The van der Waals surface area contributed by atoms with Crippen molar-refractivity contribution >= 4 is 29.3 Å². The Morgan fingerprint density at radius 1 is 1.29 bits per heavy atom. The van der Waals surface area contributed by atoms with Crippen molar-refractivity contribution in [2.75, 3.05) is 6.61 Å². The van der Waals surface area contributed by atoms with E-state index in [2.05, 4.69) is 0 Å². The number of benzene rings is 2. The summed E-state index contributed by atoms with van der Waals surface area (Å²) in [6.07, 6.45) is 0. The summed E-state index contributed by atoms with van der Waals surface area (Å²) in [7, 11) is 0. The molecule has 0 saturated heterocycles. The second-order valence-corrected chi connectivity index (χ2v) is 5.73. The SMILES string of the molecule is CCOc1ccccc1CSc1ccc(Cl)c(C(=O)O)c1. The van der Waals surface area contributed by atoms with E-state index in [1.54, 1.807) is 23.9 Å². The molecule has 0 unspecified atom stereocenters. The van der Waals surface area contributed by atoms with Crippen LogP contribution < -0.4 is 4.74 Å². The molecule has 0 aliphatic carbocycles. The lowest BCUT2D eigenvalue weighted by molar-refractivity contribution is 0.0697. The van der Waals surface area contributed by atoms with Crippen LogP contribution in [0.3, 0.4) is 0 Å². The molecule has 2 aromatic carbocycles. The molecule has 0 heterocycles. The van der Waals surface area contributed by atoms with Crippen molar-refractivity contribution in [3.8, 4) is 5.75 Å². The molecular weight excluding hydrogens is 308 g/mol. The molecule has 0 fully saturated rings. The lowest BCUT2D eigenvalue weighted by atomic mass is 10.2. The van der Waals surface area contributed by atoms with Gasteiger partial charge in [0.1, 0.15) is 5.75 Å². The lowest BCUT2D eigenvalue weighted by Crippen LogP contribution is -1.98. The number of hydrogen-bond acceptors (Lipinski definition) is 3. The summed E-state index contributed by atoms with van der Waals surface area (Å²) >= 11 is 7.42. The van der Waals surface area contributed by atoms with Gasteiger partial charge >= 0.3 is 5.97 Å². The van der Waals surface area contributed by atoms with Gasteiger partial charge in [-0.15, -0.1) is 11.8 Å². The van der Waals surface area contributed by atoms with Crippen LogP contribution in [0.15, 0.2) is 47.4 Å². The first-order chi connectivity index (χ1) is 10.1. The van der Waals surface area contributed by atoms with Crippen LogP contribution in [0.1, 0.15) is 22.8 Å². The Balaban J connectivity index is 2.13. The average molecular weight is 323 g/mol. The van der Waals surface area contributed by atoms with Gasteiger partial charge in [0.15, 0.2) is 0 Å². The van der Waals surface area contributed by atoms with Crippen molar-refractivity contribution in [3.63, 3.8) is 0 Å². The van der Waals surface area contributed by atoms with E-state index in [0.29, 0.717) is 12.4 Å². The van der Waals surface area contributed by atoms with Gasteiger partial charge < -0.3 is 9.84 Å². The molecule has 0 atom stereocenters. The third-order valence-electron chi connectivity index (χ3n) is 2.84. The van der Waals surface area contributed by atoms with E-state index in [1.165, 1.54) is 0 Å². The number of carboxylic acids is 1. The second-order valence-electron chi connectivity index (χ2n) is 4.28. The fourth-order valence-corrected chi connectivity index (χ4v) is 2.96. The van der Waals surface area contributed by atoms with Gasteiger partial charge in [0.2, 0.25) is 0 Å². The highest BCUT2D eigenvalue weighted by molar-refractivity contribution is 7.98. The molecule has 1 N–H and O–H groups in total. The van der Waals surface area contributed by atoms with E-state index in [1.807, 2.05) is 37.3 Å². The third-order valence-corrected chi connectivity index (χ3v) is 4.21. The third kappa shape index (κ3) is 4.16. The molecule has 0 aliphatic heterocycles. The molecular formula is C16H15ClO3S. The number of hydrogen-bond donors (Lipinski definition) is 1. The van der Waals surface area contributed by atoms with Crippen molar-refractivity contribution in [2.24, 2.45) is 0 Å². The molecule has 0 aromatic heterocycles. The summed E-state index contributed by atoms with van der Waals surface area (Å²) in [5.41, 5.74) is 1.20. The monoisotopic (exact) mass is 322 g/mol. The molecule has 2 rings (SSSR count). The van der Waals surface area contributed by atoms with Gasteiger partial charge in [0, 0.05) is 16.2 Å². The van der Waals surface area contributed by atoms with Gasteiger partial charge in [-0.2, -0.15) is 0 Å². The molecule has 110 valence electrons. The van der Waals surface area contributed by atoms with Crippen LogP contribution in [0.25, 0.3) is 0 Å². The molecule has 0 aliphatic rings. The van der Waals surface area contributed by atoms with Crippen LogP contribution in [0, 0.1) is 0 Å². The number of halogens is 1. The number of para-hydroxylation sites is 1. The van der Waals surface area contributed by atoms with Crippen molar-refractivity contribution in [1.29, 1.82) is 0 Å². The van der Waals surface area contributed by atoms with E-state index in [9.17, 15) is 4.79 Å². The van der Waals surface area contributed by atoms with Gasteiger partial charge in [-0.1, -0.05) is 29.8 Å². The van der Waals surface area contributed by atoms with E-state index in [-0.39, 0.29) is 10.6 Å². The van der Waals surface area contributed by atoms with Crippen molar-refractivity contribution in [1.82, 2.24) is 0 Å². The molecule has 0 amide bonds.